The molecule has 0 fully saturated rings. The maximum atomic E-state index is 11.3. The quantitative estimate of drug-likeness (QED) is 0.172. The zero-order chi connectivity index (χ0) is 22.0. The van der Waals surface area contributed by atoms with E-state index in [-0.39, 0.29) is 31.2 Å². The van der Waals surface area contributed by atoms with Gasteiger partial charge in [0.2, 0.25) is 0 Å². The number of nitrogens with zero attached hydrogens (tertiary/aromatic N) is 2. The first-order valence-electron chi connectivity index (χ1n) is 8.27. The summed E-state index contributed by atoms with van der Waals surface area (Å²) in [5.74, 6) is 0. The van der Waals surface area contributed by atoms with E-state index in [1.54, 1.807) is 39.8 Å². The van der Waals surface area contributed by atoms with Gasteiger partial charge in [-0.3, -0.25) is 20.2 Å². The summed E-state index contributed by atoms with van der Waals surface area (Å²) in [7, 11) is 0. The molecule has 0 saturated heterocycles. The highest BCUT2D eigenvalue weighted by molar-refractivity contribution is 8.01. The predicted octanol–water partition coefficient (Wildman–Crippen LogP) is 7.18. The van der Waals surface area contributed by atoms with Gasteiger partial charge >= 0.3 is 0 Å². The number of rotatable bonds is 8. The summed E-state index contributed by atoms with van der Waals surface area (Å²) < 4.78 is 6.18. The molecule has 0 heterocycles. The molecule has 0 spiro atoms. The van der Waals surface area contributed by atoms with Gasteiger partial charge in [-0.25, -0.2) is 0 Å². The van der Waals surface area contributed by atoms with E-state index in [1.807, 2.05) is 0 Å². The average Bonchev–Trinajstić information content (AvgIpc) is 2.56. The summed E-state index contributed by atoms with van der Waals surface area (Å²) in [6, 6.07) is 8.90. The largest absolute Gasteiger partial charge is 0.348 e. The van der Waals surface area contributed by atoms with Crippen LogP contribution in [0, 0.1) is 20.2 Å². The smallest absolute Gasteiger partial charge is 0.284 e. The summed E-state index contributed by atoms with van der Waals surface area (Å²) in [4.78, 5) is 20.4. The Morgan fingerprint density at radius 2 is 1.14 bits per heavy atom. The van der Waals surface area contributed by atoms with Crippen molar-refractivity contribution >= 4 is 58.1 Å². The molecule has 2 aromatic rings. The van der Waals surface area contributed by atoms with E-state index >= 15 is 0 Å². The third-order valence-corrected chi connectivity index (χ3v) is 6.74. The van der Waals surface area contributed by atoms with Gasteiger partial charge < -0.3 is 4.74 Å². The van der Waals surface area contributed by atoms with E-state index in [1.165, 1.54) is 24.3 Å². The van der Waals surface area contributed by atoms with Crippen LogP contribution in [0.25, 0.3) is 0 Å². The molecule has 0 N–H and O–H groups in total. The van der Waals surface area contributed by atoms with Crippen LogP contribution >= 0.6 is 46.7 Å². The lowest BCUT2D eigenvalue weighted by molar-refractivity contribution is -0.387. The highest BCUT2D eigenvalue weighted by Crippen LogP contribution is 2.49. The maximum Gasteiger partial charge on any atom is 0.284 e. The molecule has 0 aromatic heterocycles. The van der Waals surface area contributed by atoms with Crippen molar-refractivity contribution in [3.05, 3.63) is 66.7 Å². The summed E-state index contributed by atoms with van der Waals surface area (Å²) in [6.45, 7) is 6.98. The van der Waals surface area contributed by atoms with Crippen molar-refractivity contribution in [2.45, 2.75) is 47.4 Å². The van der Waals surface area contributed by atoms with Gasteiger partial charge in [-0.2, -0.15) is 0 Å². The monoisotopic (exact) mass is 476 g/mol. The minimum Gasteiger partial charge on any atom is -0.348 e. The van der Waals surface area contributed by atoms with Crippen LogP contribution in [0.3, 0.4) is 0 Å². The Morgan fingerprint density at radius 3 is 1.45 bits per heavy atom. The summed E-state index contributed by atoms with van der Waals surface area (Å²) in [5.41, 5.74) is -0.238. The minimum atomic E-state index is -0.942. The lowest BCUT2D eigenvalue weighted by Crippen LogP contribution is -2.32. The van der Waals surface area contributed by atoms with Crippen LogP contribution in [-0.2, 0) is 4.74 Å². The molecular formula is C18H18Cl2N2O5S2. The third kappa shape index (κ3) is 6.23. The van der Waals surface area contributed by atoms with Crippen LogP contribution in [0.4, 0.5) is 11.4 Å². The van der Waals surface area contributed by atoms with Gasteiger partial charge in [-0.05, 0) is 39.8 Å². The minimum absolute atomic E-state index is 0.119. The molecule has 0 aliphatic rings. The molecule has 0 amide bonds. The van der Waals surface area contributed by atoms with Crippen LogP contribution in [0.1, 0.15) is 27.7 Å². The zero-order valence-electron chi connectivity index (χ0n) is 16.0. The van der Waals surface area contributed by atoms with Gasteiger partial charge in [-0.1, -0.05) is 58.9 Å². The fraction of sp³-hybridized carbons (Fsp3) is 0.333. The van der Waals surface area contributed by atoms with Crippen molar-refractivity contribution in [3.8, 4) is 0 Å². The van der Waals surface area contributed by atoms with E-state index in [9.17, 15) is 20.2 Å². The van der Waals surface area contributed by atoms with Crippen molar-refractivity contribution in [2.24, 2.45) is 0 Å². The van der Waals surface area contributed by atoms with Gasteiger partial charge in [0, 0.05) is 12.1 Å². The zero-order valence-corrected chi connectivity index (χ0v) is 19.1. The highest BCUT2D eigenvalue weighted by atomic mass is 35.5. The van der Waals surface area contributed by atoms with Crippen LogP contribution < -0.4 is 0 Å². The van der Waals surface area contributed by atoms with Crippen LogP contribution in [0.15, 0.2) is 46.2 Å². The second kappa shape index (κ2) is 9.09. The van der Waals surface area contributed by atoms with E-state index in [0.717, 1.165) is 23.5 Å². The first-order chi connectivity index (χ1) is 13.3. The number of nitro groups is 2. The topological polar surface area (TPSA) is 95.5 Å². The first kappa shape index (κ1) is 23.8. The Labute approximate surface area is 186 Å². The number of benzene rings is 2. The molecular weight excluding hydrogens is 459 g/mol. The third-order valence-electron chi connectivity index (χ3n) is 3.47. The van der Waals surface area contributed by atoms with Gasteiger partial charge in [-0.15, -0.1) is 0 Å². The second-order valence-corrected chi connectivity index (χ2v) is 10.8. The molecule has 7 nitrogen and oxygen atoms in total. The molecule has 0 aliphatic carbocycles. The standard InChI is InChI=1S/C18H18Cl2N2O5S2/c1-17(2,28-15-11(19)7-5-9-13(15)21(23)24)27-18(3,4)29-16-12(20)8-6-10-14(16)22(25)26/h5-10H,1-4H3. The van der Waals surface area contributed by atoms with E-state index < -0.39 is 19.7 Å². The molecule has 0 radical (unpaired) electrons. The Balaban J connectivity index is 2.29. The molecule has 0 aliphatic heterocycles. The molecule has 0 atom stereocenters. The van der Waals surface area contributed by atoms with E-state index in [4.69, 9.17) is 27.9 Å². The molecule has 2 rings (SSSR count). The average molecular weight is 477 g/mol. The molecule has 0 saturated carbocycles. The molecule has 156 valence electrons. The van der Waals surface area contributed by atoms with E-state index in [0.29, 0.717) is 0 Å². The number of nitro benzene ring substituents is 2. The van der Waals surface area contributed by atoms with Crippen molar-refractivity contribution < 1.29 is 14.6 Å². The summed E-state index contributed by atoms with van der Waals surface area (Å²) in [5, 5.41) is 23.2. The number of hydrogen-bond donors (Lipinski definition) is 0. The lowest BCUT2D eigenvalue weighted by Gasteiger charge is -2.35. The molecule has 0 bridgehead atoms. The molecule has 11 heteroatoms. The van der Waals surface area contributed by atoms with Gasteiger partial charge in [0.1, 0.15) is 19.7 Å². The Morgan fingerprint density at radius 1 is 0.793 bits per heavy atom. The molecule has 0 unspecified atom stereocenters. The number of halogens is 2. The number of hydrogen-bond acceptors (Lipinski definition) is 7. The predicted molar refractivity (Wildman–Crippen MR) is 117 cm³/mol. The molecule has 29 heavy (non-hydrogen) atoms. The van der Waals surface area contributed by atoms with Crippen molar-refractivity contribution in [1.29, 1.82) is 0 Å². The van der Waals surface area contributed by atoms with Crippen LogP contribution in [0.5, 0.6) is 0 Å². The fourth-order valence-electron chi connectivity index (χ4n) is 2.61. The fourth-order valence-corrected chi connectivity index (χ4v) is 5.54. The number of thioether (sulfide) groups is 2. The van der Waals surface area contributed by atoms with Crippen molar-refractivity contribution in [1.82, 2.24) is 0 Å². The van der Waals surface area contributed by atoms with Crippen molar-refractivity contribution in [3.63, 3.8) is 0 Å². The van der Waals surface area contributed by atoms with Gasteiger partial charge in [0.05, 0.1) is 19.9 Å². The summed E-state index contributed by atoms with van der Waals surface area (Å²) in [6.07, 6.45) is 0. The van der Waals surface area contributed by atoms with Gasteiger partial charge in [0.25, 0.3) is 11.4 Å². The van der Waals surface area contributed by atoms with Crippen LogP contribution in [-0.4, -0.2) is 19.7 Å². The lowest BCUT2D eigenvalue weighted by atomic mass is 10.3. The number of ether oxygens (including phenoxy) is 1. The Hall–Kier alpha value is -1.52. The van der Waals surface area contributed by atoms with Gasteiger partial charge in [0.15, 0.2) is 0 Å². The van der Waals surface area contributed by atoms with Crippen LogP contribution in [0.2, 0.25) is 10.0 Å². The summed E-state index contributed by atoms with van der Waals surface area (Å²) >= 11 is 14.6. The highest BCUT2D eigenvalue weighted by Gasteiger charge is 2.35. The Kier molecular flexibility index (Phi) is 7.45. The normalized spacial score (nSPS) is 12.1. The SMILES string of the molecule is CC(C)(OC(C)(C)Sc1c(Cl)cccc1[N+](=O)[O-])Sc1c(Cl)cccc1[N+](=O)[O-]. The first-order valence-corrected chi connectivity index (χ1v) is 10.7. The maximum absolute atomic E-state index is 11.3. The Bertz CT molecular complexity index is 878. The van der Waals surface area contributed by atoms with E-state index in [2.05, 4.69) is 0 Å². The second-order valence-electron chi connectivity index (χ2n) is 6.80. The molecule has 2 aromatic carbocycles. The van der Waals surface area contributed by atoms with Crippen molar-refractivity contribution in [2.75, 3.05) is 0 Å².